The van der Waals surface area contributed by atoms with Gasteiger partial charge in [-0.15, -0.1) is 0 Å². The van der Waals surface area contributed by atoms with E-state index < -0.39 is 4.92 Å². The summed E-state index contributed by atoms with van der Waals surface area (Å²) in [6.07, 6.45) is 1.61. The number of nitro benzene ring substituents is 1. The fourth-order valence-electron chi connectivity index (χ4n) is 2.44. The van der Waals surface area contributed by atoms with Crippen LogP contribution in [0.15, 0.2) is 23.0 Å². The van der Waals surface area contributed by atoms with Gasteiger partial charge in [0.05, 0.1) is 21.9 Å². The van der Waals surface area contributed by atoms with Gasteiger partial charge in [-0.25, -0.2) is 4.98 Å². The zero-order valence-electron chi connectivity index (χ0n) is 10.1. The maximum absolute atomic E-state index is 12.3. The fourth-order valence-corrected chi connectivity index (χ4v) is 2.44. The Morgan fingerprint density at radius 1 is 1.47 bits per heavy atom. The molecule has 2 aromatic rings. The van der Waals surface area contributed by atoms with E-state index in [0.29, 0.717) is 23.3 Å². The number of aromatic nitrogens is 2. The fraction of sp³-hybridized carbons (Fsp3) is 0.333. The number of benzene rings is 1. The van der Waals surface area contributed by atoms with Crippen molar-refractivity contribution in [3.05, 3.63) is 44.5 Å². The van der Waals surface area contributed by atoms with Crippen molar-refractivity contribution in [2.24, 2.45) is 5.73 Å². The Hall–Kier alpha value is -2.28. The molecule has 0 bridgehead atoms. The lowest BCUT2D eigenvalue weighted by Crippen LogP contribution is -2.33. The lowest BCUT2D eigenvalue weighted by Gasteiger charge is -2.23. The molecule has 0 fully saturated rings. The standard InChI is InChI=1S/C12H12N4O3/c13-9-2-1-5-15-11(9)14-10-6-7(16(18)19)3-4-8(10)12(15)17/h3-4,6,9H,1-2,5,13H2/t9-/m1/s1. The highest BCUT2D eigenvalue weighted by atomic mass is 16.6. The highest BCUT2D eigenvalue weighted by molar-refractivity contribution is 5.80. The molecule has 0 unspecified atom stereocenters. The number of hydrogen-bond donors (Lipinski definition) is 1. The van der Waals surface area contributed by atoms with Crippen molar-refractivity contribution >= 4 is 16.6 Å². The zero-order chi connectivity index (χ0) is 13.6. The zero-order valence-corrected chi connectivity index (χ0v) is 10.1. The van der Waals surface area contributed by atoms with Gasteiger partial charge in [0.25, 0.3) is 11.2 Å². The van der Waals surface area contributed by atoms with Crippen molar-refractivity contribution in [2.75, 3.05) is 0 Å². The smallest absolute Gasteiger partial charge is 0.271 e. The number of non-ortho nitro benzene ring substituents is 1. The molecular formula is C12H12N4O3. The average molecular weight is 260 g/mol. The Morgan fingerprint density at radius 2 is 2.26 bits per heavy atom. The number of nitrogens with zero attached hydrogens (tertiary/aromatic N) is 3. The van der Waals surface area contributed by atoms with E-state index in [1.807, 2.05) is 0 Å². The van der Waals surface area contributed by atoms with Gasteiger partial charge in [-0.1, -0.05) is 0 Å². The lowest BCUT2D eigenvalue weighted by atomic mass is 10.1. The van der Waals surface area contributed by atoms with E-state index in [4.69, 9.17) is 5.73 Å². The third kappa shape index (κ3) is 1.78. The Kier molecular flexibility index (Phi) is 2.56. The molecule has 2 heterocycles. The molecule has 1 aliphatic heterocycles. The molecule has 0 saturated heterocycles. The quantitative estimate of drug-likeness (QED) is 0.610. The van der Waals surface area contributed by atoms with Gasteiger partial charge in [0.2, 0.25) is 0 Å². The Balaban J connectivity index is 2.33. The third-order valence-electron chi connectivity index (χ3n) is 3.41. The molecular weight excluding hydrogens is 248 g/mol. The maximum atomic E-state index is 12.3. The minimum Gasteiger partial charge on any atom is -0.321 e. The van der Waals surface area contributed by atoms with Crippen molar-refractivity contribution in [1.29, 1.82) is 0 Å². The summed E-state index contributed by atoms with van der Waals surface area (Å²) in [5.41, 5.74) is 6.03. The third-order valence-corrected chi connectivity index (χ3v) is 3.41. The molecule has 98 valence electrons. The summed E-state index contributed by atoms with van der Waals surface area (Å²) in [5.74, 6) is 0.518. The van der Waals surface area contributed by atoms with Crippen LogP contribution in [0.3, 0.4) is 0 Å². The molecule has 1 atom stereocenters. The largest absolute Gasteiger partial charge is 0.321 e. The summed E-state index contributed by atoms with van der Waals surface area (Å²) < 4.78 is 1.57. The van der Waals surface area contributed by atoms with E-state index in [9.17, 15) is 14.9 Å². The maximum Gasteiger partial charge on any atom is 0.271 e. The molecule has 1 aromatic carbocycles. The summed E-state index contributed by atoms with van der Waals surface area (Å²) in [6, 6.07) is 3.81. The predicted octanol–water partition coefficient (Wildman–Crippen LogP) is 1.10. The molecule has 0 aliphatic carbocycles. The van der Waals surface area contributed by atoms with Crippen LogP contribution in [-0.2, 0) is 6.54 Å². The van der Waals surface area contributed by atoms with E-state index in [2.05, 4.69) is 4.98 Å². The van der Waals surface area contributed by atoms with E-state index in [1.165, 1.54) is 18.2 Å². The van der Waals surface area contributed by atoms with Crippen LogP contribution in [0, 0.1) is 10.1 Å². The topological polar surface area (TPSA) is 104 Å². The Morgan fingerprint density at radius 3 is 3.00 bits per heavy atom. The molecule has 7 heteroatoms. The number of fused-ring (bicyclic) bond motifs is 2. The normalized spacial score (nSPS) is 18.3. The van der Waals surface area contributed by atoms with Crippen LogP contribution < -0.4 is 11.3 Å². The van der Waals surface area contributed by atoms with E-state index in [1.54, 1.807) is 4.57 Å². The summed E-state index contributed by atoms with van der Waals surface area (Å²) in [4.78, 5) is 26.9. The van der Waals surface area contributed by atoms with E-state index >= 15 is 0 Å². The monoisotopic (exact) mass is 260 g/mol. The van der Waals surface area contributed by atoms with Crippen LogP contribution >= 0.6 is 0 Å². The van der Waals surface area contributed by atoms with Crippen LogP contribution in [-0.4, -0.2) is 14.5 Å². The van der Waals surface area contributed by atoms with Crippen molar-refractivity contribution < 1.29 is 4.92 Å². The molecule has 0 spiro atoms. The van der Waals surface area contributed by atoms with Gasteiger partial charge in [0.1, 0.15) is 5.82 Å². The van der Waals surface area contributed by atoms with Crippen LogP contribution in [0.25, 0.3) is 10.9 Å². The van der Waals surface area contributed by atoms with Crippen molar-refractivity contribution in [3.63, 3.8) is 0 Å². The average Bonchev–Trinajstić information content (AvgIpc) is 2.40. The van der Waals surface area contributed by atoms with Crippen molar-refractivity contribution in [1.82, 2.24) is 9.55 Å². The van der Waals surface area contributed by atoms with Gasteiger partial charge in [-0.2, -0.15) is 0 Å². The van der Waals surface area contributed by atoms with Crippen LogP contribution in [0.5, 0.6) is 0 Å². The van der Waals surface area contributed by atoms with E-state index in [0.717, 1.165) is 12.8 Å². The molecule has 2 N–H and O–H groups in total. The molecule has 0 saturated carbocycles. The van der Waals surface area contributed by atoms with Gasteiger partial charge < -0.3 is 5.73 Å². The predicted molar refractivity (Wildman–Crippen MR) is 68.8 cm³/mol. The summed E-state index contributed by atoms with van der Waals surface area (Å²) in [5, 5.41) is 11.1. The van der Waals surface area contributed by atoms with Gasteiger partial charge in [-0.3, -0.25) is 19.5 Å². The highest BCUT2D eigenvalue weighted by Gasteiger charge is 2.21. The summed E-state index contributed by atoms with van der Waals surface area (Å²) in [6.45, 7) is 0.599. The summed E-state index contributed by atoms with van der Waals surface area (Å²) in [7, 11) is 0. The van der Waals surface area contributed by atoms with Crippen molar-refractivity contribution in [2.45, 2.75) is 25.4 Å². The van der Waals surface area contributed by atoms with Gasteiger partial charge in [-0.05, 0) is 18.9 Å². The minimum atomic E-state index is -0.502. The molecule has 0 amide bonds. The first kappa shape index (κ1) is 11.8. The van der Waals surface area contributed by atoms with Crippen molar-refractivity contribution in [3.8, 4) is 0 Å². The van der Waals surface area contributed by atoms with Gasteiger partial charge >= 0.3 is 0 Å². The van der Waals surface area contributed by atoms with Gasteiger partial charge in [0.15, 0.2) is 0 Å². The number of rotatable bonds is 1. The second-order valence-electron chi connectivity index (χ2n) is 4.63. The van der Waals surface area contributed by atoms with E-state index in [-0.39, 0.29) is 17.3 Å². The number of nitrogens with two attached hydrogens (primary N) is 1. The minimum absolute atomic E-state index is 0.0752. The second kappa shape index (κ2) is 4.13. The molecule has 7 nitrogen and oxygen atoms in total. The molecule has 1 aliphatic rings. The van der Waals surface area contributed by atoms with Crippen LogP contribution in [0.2, 0.25) is 0 Å². The lowest BCUT2D eigenvalue weighted by molar-refractivity contribution is -0.384. The second-order valence-corrected chi connectivity index (χ2v) is 4.63. The first-order valence-corrected chi connectivity index (χ1v) is 6.02. The summed E-state index contributed by atoms with van der Waals surface area (Å²) >= 11 is 0. The van der Waals surface area contributed by atoms with Crippen LogP contribution in [0.4, 0.5) is 5.69 Å². The Labute approximate surface area is 107 Å². The first-order valence-electron chi connectivity index (χ1n) is 6.02. The molecule has 0 radical (unpaired) electrons. The molecule has 19 heavy (non-hydrogen) atoms. The highest BCUT2D eigenvalue weighted by Crippen LogP contribution is 2.23. The number of hydrogen-bond acceptors (Lipinski definition) is 5. The Bertz CT molecular complexity index is 738. The number of nitro groups is 1. The molecule has 3 rings (SSSR count). The molecule has 1 aromatic heterocycles. The van der Waals surface area contributed by atoms with Crippen LogP contribution in [0.1, 0.15) is 24.7 Å². The van der Waals surface area contributed by atoms with Gasteiger partial charge in [0, 0.05) is 18.7 Å². The SMILES string of the molecule is N[C@@H]1CCCn2c1nc1cc([N+](=O)[O-])ccc1c2=O. The first-order chi connectivity index (χ1) is 9.08.